The number of ether oxygens (including phenoxy) is 3. The highest BCUT2D eigenvalue weighted by Crippen LogP contribution is 2.18. The van der Waals surface area contributed by atoms with Gasteiger partial charge in [0.2, 0.25) is 0 Å². The number of esters is 3. The summed E-state index contributed by atoms with van der Waals surface area (Å²) in [6.45, 7) is 11.4. The zero-order valence-corrected chi connectivity index (χ0v) is 43.9. The second kappa shape index (κ2) is 50.8. The zero-order valence-electron chi connectivity index (χ0n) is 43.9. The van der Waals surface area contributed by atoms with Crippen molar-refractivity contribution in [1.82, 2.24) is 0 Å². The van der Waals surface area contributed by atoms with E-state index in [2.05, 4.69) is 34.6 Å². The van der Waals surface area contributed by atoms with Gasteiger partial charge in [0.1, 0.15) is 13.2 Å². The molecule has 6 heteroatoms. The molecular weight excluding hydrogens is 793 g/mol. The van der Waals surface area contributed by atoms with Crippen molar-refractivity contribution < 1.29 is 28.6 Å². The zero-order chi connectivity index (χ0) is 46.8. The van der Waals surface area contributed by atoms with Gasteiger partial charge in [-0.3, -0.25) is 14.4 Å². The average Bonchev–Trinajstić information content (AvgIpc) is 3.27. The molecule has 0 bridgehead atoms. The van der Waals surface area contributed by atoms with Gasteiger partial charge in [0.05, 0.1) is 0 Å². The topological polar surface area (TPSA) is 78.9 Å². The lowest BCUT2D eigenvalue weighted by molar-refractivity contribution is -0.167. The Bertz CT molecular complexity index is 978. The first-order valence-electron chi connectivity index (χ1n) is 28.7. The summed E-state index contributed by atoms with van der Waals surface area (Å²) in [5.74, 6) is 0.855. The molecule has 0 unspecified atom stereocenters. The highest BCUT2D eigenvalue weighted by molar-refractivity contribution is 5.71. The minimum atomic E-state index is -0.762. The Morgan fingerprint density at radius 3 is 0.766 bits per heavy atom. The van der Waals surface area contributed by atoms with Crippen LogP contribution in [-0.4, -0.2) is 37.2 Å². The Morgan fingerprint density at radius 2 is 0.516 bits per heavy atom. The predicted molar refractivity (Wildman–Crippen MR) is 275 cm³/mol. The number of unbranched alkanes of at least 4 members (excludes halogenated alkanes) is 37. The van der Waals surface area contributed by atoms with Crippen LogP contribution in [0.3, 0.4) is 0 Å². The first-order chi connectivity index (χ1) is 31.2. The Morgan fingerprint density at radius 1 is 0.297 bits per heavy atom. The van der Waals surface area contributed by atoms with E-state index in [0.29, 0.717) is 19.3 Å². The number of hydrogen-bond donors (Lipinski definition) is 0. The van der Waals surface area contributed by atoms with Crippen molar-refractivity contribution in [1.29, 1.82) is 0 Å². The molecule has 0 aliphatic heterocycles. The molecule has 0 spiro atoms. The molecule has 0 radical (unpaired) electrons. The minimum absolute atomic E-state index is 0.0626. The lowest BCUT2D eigenvalue weighted by Crippen LogP contribution is -2.30. The second-order valence-corrected chi connectivity index (χ2v) is 20.9. The summed E-state index contributed by atoms with van der Waals surface area (Å²) in [6.07, 6.45) is 53.8. The third-order valence-electron chi connectivity index (χ3n) is 13.2. The summed E-state index contributed by atoms with van der Waals surface area (Å²) in [5.41, 5.74) is 0. The van der Waals surface area contributed by atoms with Crippen molar-refractivity contribution in [2.75, 3.05) is 13.2 Å². The van der Waals surface area contributed by atoms with Gasteiger partial charge < -0.3 is 14.2 Å². The van der Waals surface area contributed by atoms with Crippen molar-refractivity contribution in [2.24, 2.45) is 11.8 Å². The minimum Gasteiger partial charge on any atom is -0.462 e. The van der Waals surface area contributed by atoms with E-state index >= 15 is 0 Å². The molecule has 0 N–H and O–H groups in total. The van der Waals surface area contributed by atoms with E-state index in [1.165, 1.54) is 212 Å². The molecule has 0 fully saturated rings. The molecular formula is C58H112O6. The maximum atomic E-state index is 12.8. The lowest BCUT2D eigenvalue weighted by Gasteiger charge is -2.18. The summed E-state index contributed by atoms with van der Waals surface area (Å²) in [7, 11) is 0. The number of carbonyl (C=O) groups is 3. The SMILES string of the molecule is CCCCCCCCCCCCC(=O)OC[C@H](COC(=O)CCCCCCCCCCCCCCCCCCC(C)C)OC(=O)CCCCCCCCCCCCCCCCC(C)C. The van der Waals surface area contributed by atoms with Gasteiger partial charge in [-0.05, 0) is 31.1 Å². The van der Waals surface area contributed by atoms with Crippen LogP contribution in [0.4, 0.5) is 0 Å². The van der Waals surface area contributed by atoms with E-state index in [0.717, 1.165) is 69.6 Å². The van der Waals surface area contributed by atoms with Gasteiger partial charge in [-0.1, -0.05) is 285 Å². The Kier molecular flexibility index (Phi) is 49.6. The summed E-state index contributed by atoms with van der Waals surface area (Å²) < 4.78 is 16.9. The largest absolute Gasteiger partial charge is 0.462 e. The van der Waals surface area contributed by atoms with Crippen LogP contribution in [0.5, 0.6) is 0 Å². The maximum absolute atomic E-state index is 12.8. The molecule has 0 aliphatic carbocycles. The Labute approximate surface area is 399 Å². The summed E-state index contributed by atoms with van der Waals surface area (Å²) in [5, 5.41) is 0. The van der Waals surface area contributed by atoms with Gasteiger partial charge in [0, 0.05) is 19.3 Å². The molecule has 1 atom stereocenters. The summed E-state index contributed by atoms with van der Waals surface area (Å²) in [6, 6.07) is 0. The fraction of sp³-hybridized carbons (Fsp3) is 0.948. The van der Waals surface area contributed by atoms with Crippen LogP contribution < -0.4 is 0 Å². The highest BCUT2D eigenvalue weighted by Gasteiger charge is 2.19. The Hall–Kier alpha value is -1.59. The monoisotopic (exact) mass is 905 g/mol. The van der Waals surface area contributed by atoms with Crippen LogP contribution in [0.25, 0.3) is 0 Å². The number of hydrogen-bond acceptors (Lipinski definition) is 6. The molecule has 0 saturated heterocycles. The molecule has 6 nitrogen and oxygen atoms in total. The third-order valence-corrected chi connectivity index (χ3v) is 13.2. The van der Waals surface area contributed by atoms with Gasteiger partial charge in [0.15, 0.2) is 6.10 Å². The van der Waals surface area contributed by atoms with Gasteiger partial charge in [-0.25, -0.2) is 0 Å². The molecule has 0 amide bonds. The summed E-state index contributed by atoms with van der Waals surface area (Å²) in [4.78, 5) is 38.1. The van der Waals surface area contributed by atoms with Crippen molar-refractivity contribution in [3.63, 3.8) is 0 Å². The number of rotatable bonds is 52. The van der Waals surface area contributed by atoms with E-state index in [1.807, 2.05) is 0 Å². The third kappa shape index (κ3) is 51.4. The van der Waals surface area contributed by atoms with Crippen molar-refractivity contribution in [3.05, 3.63) is 0 Å². The van der Waals surface area contributed by atoms with Crippen molar-refractivity contribution in [3.8, 4) is 0 Å². The van der Waals surface area contributed by atoms with Crippen LogP contribution in [0, 0.1) is 11.8 Å². The Balaban J connectivity index is 4.23. The predicted octanol–water partition coefficient (Wildman–Crippen LogP) is 18.9. The first kappa shape index (κ1) is 62.4. The van der Waals surface area contributed by atoms with E-state index in [9.17, 15) is 14.4 Å². The van der Waals surface area contributed by atoms with E-state index in [4.69, 9.17) is 14.2 Å². The van der Waals surface area contributed by atoms with Crippen LogP contribution in [0.2, 0.25) is 0 Å². The van der Waals surface area contributed by atoms with Crippen LogP contribution >= 0.6 is 0 Å². The molecule has 0 aliphatic rings. The molecule has 0 saturated carbocycles. The normalized spacial score (nSPS) is 12.0. The molecule has 0 aromatic rings. The first-order valence-corrected chi connectivity index (χ1v) is 28.7. The molecule has 380 valence electrons. The quantitative estimate of drug-likeness (QED) is 0.0344. The second-order valence-electron chi connectivity index (χ2n) is 20.9. The van der Waals surface area contributed by atoms with Gasteiger partial charge in [-0.2, -0.15) is 0 Å². The fourth-order valence-corrected chi connectivity index (χ4v) is 8.87. The van der Waals surface area contributed by atoms with E-state index in [1.54, 1.807) is 0 Å². The fourth-order valence-electron chi connectivity index (χ4n) is 8.87. The molecule has 0 aromatic carbocycles. The standard InChI is InChI=1S/C58H112O6/c1-6-7-8-9-10-11-28-33-38-43-48-56(59)62-51-55(64-58(61)50-45-40-35-30-25-21-17-16-19-23-27-32-37-42-47-54(4)5)52-63-57(60)49-44-39-34-29-24-20-15-13-12-14-18-22-26-31-36-41-46-53(2)3/h53-55H,6-52H2,1-5H3/t55-/m1/s1. The number of carbonyl (C=O) groups excluding carboxylic acids is 3. The lowest BCUT2D eigenvalue weighted by atomic mass is 10.0. The van der Waals surface area contributed by atoms with Crippen LogP contribution in [-0.2, 0) is 28.6 Å². The van der Waals surface area contributed by atoms with Crippen molar-refractivity contribution in [2.45, 2.75) is 330 Å². The smallest absolute Gasteiger partial charge is 0.306 e. The molecule has 0 aromatic heterocycles. The van der Waals surface area contributed by atoms with Gasteiger partial charge in [0.25, 0.3) is 0 Å². The molecule has 64 heavy (non-hydrogen) atoms. The van der Waals surface area contributed by atoms with Gasteiger partial charge in [-0.15, -0.1) is 0 Å². The van der Waals surface area contributed by atoms with Gasteiger partial charge >= 0.3 is 17.9 Å². The average molecular weight is 906 g/mol. The highest BCUT2D eigenvalue weighted by atomic mass is 16.6. The van der Waals surface area contributed by atoms with E-state index < -0.39 is 6.10 Å². The van der Waals surface area contributed by atoms with Crippen LogP contribution in [0.1, 0.15) is 324 Å². The van der Waals surface area contributed by atoms with E-state index in [-0.39, 0.29) is 31.1 Å². The maximum Gasteiger partial charge on any atom is 0.306 e. The van der Waals surface area contributed by atoms with Crippen LogP contribution in [0.15, 0.2) is 0 Å². The molecule has 0 rings (SSSR count). The molecule has 0 heterocycles. The van der Waals surface area contributed by atoms with Crippen molar-refractivity contribution >= 4 is 17.9 Å². The summed E-state index contributed by atoms with van der Waals surface area (Å²) >= 11 is 0.